The van der Waals surface area contributed by atoms with Gasteiger partial charge in [-0.3, -0.25) is 19.2 Å². The van der Waals surface area contributed by atoms with Gasteiger partial charge >= 0.3 is 0 Å². The summed E-state index contributed by atoms with van der Waals surface area (Å²) < 4.78 is 1.60. The van der Waals surface area contributed by atoms with E-state index in [9.17, 15) is 19.2 Å². The van der Waals surface area contributed by atoms with Crippen molar-refractivity contribution in [2.24, 2.45) is 18.2 Å². The predicted octanol–water partition coefficient (Wildman–Crippen LogP) is 2.10. The number of nitrogens with two attached hydrogens (primary N) is 1. The van der Waals surface area contributed by atoms with E-state index in [-0.39, 0.29) is 40.1 Å². The Balaban J connectivity index is 1.72. The van der Waals surface area contributed by atoms with Gasteiger partial charge in [-0.1, -0.05) is 20.8 Å². The zero-order valence-electron chi connectivity index (χ0n) is 20.9. The summed E-state index contributed by atoms with van der Waals surface area (Å²) in [5.74, 6) is -0.976. The molecular weight excluding hydrogens is 446 g/mol. The Labute approximate surface area is 204 Å². The average molecular weight is 482 g/mol. The average Bonchev–Trinajstić information content (AvgIpc) is 3.20. The highest BCUT2D eigenvalue weighted by Gasteiger charge is 2.35. The Hall–Kier alpha value is -3.20. The second-order valence-electron chi connectivity index (χ2n) is 10.6. The van der Waals surface area contributed by atoms with Crippen LogP contribution in [0.1, 0.15) is 85.5 Å². The number of carbonyl (C=O) groups excluding carboxylic acids is 2. The van der Waals surface area contributed by atoms with Crippen molar-refractivity contribution in [1.29, 1.82) is 0 Å². The second-order valence-corrected chi connectivity index (χ2v) is 10.6. The van der Waals surface area contributed by atoms with E-state index < -0.39 is 11.5 Å². The fourth-order valence-corrected chi connectivity index (χ4v) is 5.63. The van der Waals surface area contributed by atoms with Gasteiger partial charge in [0.15, 0.2) is 0 Å². The van der Waals surface area contributed by atoms with Crippen LogP contribution in [0.5, 0.6) is 0 Å². The maximum absolute atomic E-state index is 12.9. The molecule has 0 bridgehead atoms. The molecule has 0 aromatic carbocycles. The predicted molar refractivity (Wildman–Crippen MR) is 135 cm³/mol. The minimum absolute atomic E-state index is 0.00509. The number of hydrogen-bond donors (Lipinski definition) is 3. The number of aromatic amines is 1. The van der Waals surface area contributed by atoms with Crippen LogP contribution in [0, 0.1) is 5.41 Å². The summed E-state index contributed by atoms with van der Waals surface area (Å²) in [6, 6.07) is 1.73. The zero-order valence-corrected chi connectivity index (χ0v) is 20.9. The molecule has 0 spiro atoms. The van der Waals surface area contributed by atoms with Crippen molar-refractivity contribution < 1.29 is 9.59 Å². The molecule has 2 atom stereocenters. The summed E-state index contributed by atoms with van der Waals surface area (Å²) in [5.41, 5.74) is 8.45. The highest BCUT2D eigenvalue weighted by atomic mass is 16.2. The van der Waals surface area contributed by atoms with E-state index >= 15 is 0 Å². The number of anilines is 1. The van der Waals surface area contributed by atoms with Gasteiger partial charge < -0.3 is 25.5 Å². The molecule has 1 fully saturated rings. The number of pyridine rings is 2. The molecule has 2 unspecified atom stereocenters. The normalized spacial score (nSPS) is 20.1. The van der Waals surface area contributed by atoms with E-state index in [0.29, 0.717) is 37.9 Å². The number of fused-ring (bicyclic) bond motifs is 1. The van der Waals surface area contributed by atoms with Crippen molar-refractivity contribution >= 4 is 17.5 Å². The van der Waals surface area contributed by atoms with Gasteiger partial charge in [0.25, 0.3) is 17.0 Å². The molecule has 1 aliphatic carbocycles. The smallest absolute Gasteiger partial charge is 0.272 e. The molecule has 3 heterocycles. The van der Waals surface area contributed by atoms with Crippen LogP contribution in [0.25, 0.3) is 0 Å². The first kappa shape index (κ1) is 24.9. The number of nitrogens with one attached hydrogen (secondary N) is 2. The minimum atomic E-state index is -0.637. The molecule has 2 aromatic rings. The van der Waals surface area contributed by atoms with Crippen LogP contribution in [0.4, 0.5) is 5.69 Å². The van der Waals surface area contributed by atoms with Crippen molar-refractivity contribution in [3.05, 3.63) is 61.4 Å². The zero-order chi connectivity index (χ0) is 25.5. The quantitative estimate of drug-likeness (QED) is 0.558. The maximum atomic E-state index is 12.9. The van der Waals surface area contributed by atoms with Crippen molar-refractivity contribution in [2.45, 2.75) is 64.8 Å². The molecule has 0 radical (unpaired) electrons. The van der Waals surface area contributed by atoms with Crippen LogP contribution in [-0.4, -0.2) is 34.5 Å². The van der Waals surface area contributed by atoms with Crippen LogP contribution in [-0.2, 0) is 18.3 Å². The minimum Gasteiger partial charge on any atom is -0.366 e. The van der Waals surface area contributed by atoms with E-state index in [2.05, 4.69) is 24.1 Å². The third-order valence-corrected chi connectivity index (χ3v) is 7.38. The molecular formula is C26H35N5O4. The van der Waals surface area contributed by atoms with Crippen molar-refractivity contribution in [3.63, 3.8) is 0 Å². The number of nitrogens with zero attached hydrogens (tertiary/aromatic N) is 2. The Morgan fingerprint density at radius 2 is 2.06 bits per heavy atom. The topological polar surface area (TPSA) is 130 Å². The van der Waals surface area contributed by atoms with Crippen molar-refractivity contribution in [2.75, 3.05) is 18.0 Å². The molecule has 2 amide bonds. The first-order valence-electron chi connectivity index (χ1n) is 12.3. The maximum Gasteiger partial charge on any atom is 0.272 e. The number of carbonyl (C=O) groups is 2. The van der Waals surface area contributed by atoms with Crippen molar-refractivity contribution in [1.82, 2.24) is 14.9 Å². The molecule has 1 saturated heterocycles. The lowest BCUT2D eigenvalue weighted by Crippen LogP contribution is -2.38. The van der Waals surface area contributed by atoms with Gasteiger partial charge in [-0.05, 0) is 48.1 Å². The number of rotatable bonds is 7. The molecule has 4 N–H and O–H groups in total. The number of amides is 2. The molecule has 2 aromatic heterocycles. The van der Waals surface area contributed by atoms with E-state index in [0.717, 1.165) is 24.0 Å². The molecule has 0 saturated carbocycles. The Bertz CT molecular complexity index is 1280. The largest absolute Gasteiger partial charge is 0.366 e. The van der Waals surface area contributed by atoms with Gasteiger partial charge in [0.1, 0.15) is 5.69 Å². The number of aromatic nitrogens is 2. The molecule has 35 heavy (non-hydrogen) atoms. The Morgan fingerprint density at radius 1 is 1.31 bits per heavy atom. The van der Waals surface area contributed by atoms with Crippen LogP contribution >= 0.6 is 0 Å². The van der Waals surface area contributed by atoms with Gasteiger partial charge in [0, 0.05) is 56.6 Å². The van der Waals surface area contributed by atoms with Gasteiger partial charge in [-0.15, -0.1) is 0 Å². The SMILES string of the molecule is CCC(CNC1CC(C)(C)Cc2cc(=O)n(C)cc21)c1c(C(N)=O)c[nH]c(=O)c1N1CCCC1=O. The summed E-state index contributed by atoms with van der Waals surface area (Å²) in [7, 11) is 1.75. The van der Waals surface area contributed by atoms with Crippen LogP contribution in [0.15, 0.2) is 28.0 Å². The Kier molecular flexibility index (Phi) is 6.73. The molecule has 188 valence electrons. The van der Waals surface area contributed by atoms with E-state index in [1.807, 2.05) is 13.1 Å². The summed E-state index contributed by atoms with van der Waals surface area (Å²) in [6.07, 6.45) is 6.66. The first-order chi connectivity index (χ1) is 16.5. The number of H-pyrrole nitrogens is 1. The van der Waals surface area contributed by atoms with Crippen LogP contribution in [0.3, 0.4) is 0 Å². The lowest BCUT2D eigenvalue weighted by molar-refractivity contribution is -0.117. The van der Waals surface area contributed by atoms with E-state index in [1.165, 1.54) is 11.1 Å². The van der Waals surface area contributed by atoms with Crippen LogP contribution in [0.2, 0.25) is 0 Å². The van der Waals surface area contributed by atoms with Crippen molar-refractivity contribution in [3.8, 4) is 0 Å². The summed E-state index contributed by atoms with van der Waals surface area (Å²) >= 11 is 0. The van der Waals surface area contributed by atoms with Gasteiger partial charge in [-0.2, -0.15) is 0 Å². The van der Waals surface area contributed by atoms with E-state index in [1.54, 1.807) is 17.7 Å². The first-order valence-corrected chi connectivity index (χ1v) is 12.3. The monoisotopic (exact) mass is 481 g/mol. The lowest BCUT2D eigenvalue weighted by Gasteiger charge is -2.38. The van der Waals surface area contributed by atoms with Gasteiger partial charge in [0.2, 0.25) is 5.91 Å². The summed E-state index contributed by atoms with van der Waals surface area (Å²) in [6.45, 7) is 7.31. The van der Waals surface area contributed by atoms with Gasteiger partial charge in [-0.25, -0.2) is 0 Å². The Morgan fingerprint density at radius 3 is 2.69 bits per heavy atom. The number of hydrogen-bond acceptors (Lipinski definition) is 5. The summed E-state index contributed by atoms with van der Waals surface area (Å²) in [5, 5.41) is 3.66. The number of aryl methyl sites for hydroxylation is 1. The molecule has 2 aliphatic rings. The highest BCUT2D eigenvalue weighted by Crippen LogP contribution is 2.41. The fourth-order valence-electron chi connectivity index (χ4n) is 5.63. The molecule has 4 rings (SSSR count). The third-order valence-electron chi connectivity index (χ3n) is 7.38. The number of primary amides is 1. The van der Waals surface area contributed by atoms with Crippen LogP contribution < -0.4 is 27.1 Å². The molecule has 9 heteroatoms. The fraction of sp³-hybridized carbons (Fsp3) is 0.538. The standard InChI is InChI=1S/C26H35N5O4/c1-5-15(12-28-19-11-26(2,3)10-16-9-21(33)30(4)14-18(16)19)22-17(24(27)34)13-29-25(35)23(22)31-8-6-7-20(31)32/h9,13-15,19,28H,5-8,10-12H2,1-4H3,(H2,27,34)(H,29,35). The molecule has 1 aliphatic heterocycles. The summed E-state index contributed by atoms with van der Waals surface area (Å²) in [4.78, 5) is 54.2. The highest BCUT2D eigenvalue weighted by molar-refractivity contribution is 6.00. The molecule has 9 nitrogen and oxygen atoms in total. The lowest BCUT2D eigenvalue weighted by atomic mass is 9.72. The third kappa shape index (κ3) is 4.82. The van der Waals surface area contributed by atoms with E-state index in [4.69, 9.17) is 5.73 Å². The van der Waals surface area contributed by atoms with Gasteiger partial charge in [0.05, 0.1) is 5.56 Å². The second kappa shape index (κ2) is 9.45.